The molecule has 0 unspecified atom stereocenters. The number of fused-ring (bicyclic) bond motifs is 1. The van der Waals surface area contributed by atoms with Crippen molar-refractivity contribution in [3.05, 3.63) is 40.4 Å². The summed E-state index contributed by atoms with van der Waals surface area (Å²) >= 11 is 1.53. The van der Waals surface area contributed by atoms with E-state index in [-0.39, 0.29) is 24.6 Å². The number of carbonyl (C=O) groups excluding carboxylic acids is 2. The number of hydrogen-bond donors (Lipinski definition) is 0. The highest BCUT2D eigenvalue weighted by Gasteiger charge is 2.66. The molecular weight excluding hydrogens is 484 g/mol. The van der Waals surface area contributed by atoms with E-state index in [1.165, 1.54) is 18.7 Å². The van der Waals surface area contributed by atoms with Crippen LogP contribution in [-0.2, 0) is 29.9 Å². The number of nitriles is 1. The fourth-order valence-electron chi connectivity index (χ4n) is 4.90. The zero-order chi connectivity index (χ0) is 25.8. The van der Waals surface area contributed by atoms with E-state index < -0.39 is 33.5 Å². The van der Waals surface area contributed by atoms with Gasteiger partial charge in [-0.15, -0.1) is 11.8 Å². The first kappa shape index (κ1) is 27.3. The van der Waals surface area contributed by atoms with Gasteiger partial charge in [0, 0.05) is 28.8 Å². The quantitative estimate of drug-likeness (QED) is 0.412. The van der Waals surface area contributed by atoms with E-state index in [0.717, 1.165) is 29.0 Å². The zero-order valence-corrected chi connectivity index (χ0v) is 22.7. The fourth-order valence-corrected chi connectivity index (χ4v) is 8.52. The molecule has 7 nitrogen and oxygen atoms in total. The first-order chi connectivity index (χ1) is 16.7. The van der Waals surface area contributed by atoms with E-state index in [9.17, 15) is 19.1 Å². The molecule has 1 aromatic rings. The van der Waals surface area contributed by atoms with Gasteiger partial charge in [0.25, 0.3) is 0 Å². The minimum Gasteiger partial charge on any atom is -0.466 e. The molecule has 0 radical (unpaired) electrons. The normalized spacial score (nSPS) is 26.3. The van der Waals surface area contributed by atoms with Gasteiger partial charge in [-0.3, -0.25) is 9.00 Å². The van der Waals surface area contributed by atoms with Crippen LogP contribution < -0.4 is 0 Å². The van der Waals surface area contributed by atoms with Crippen LogP contribution in [0, 0.1) is 23.7 Å². The third-order valence-corrected chi connectivity index (χ3v) is 10.2. The number of thioether (sulfide) groups is 1. The van der Waals surface area contributed by atoms with Crippen molar-refractivity contribution in [2.24, 2.45) is 5.41 Å². The van der Waals surface area contributed by atoms with Gasteiger partial charge in [-0.2, -0.15) is 5.26 Å². The Bertz CT molecular complexity index is 1050. The van der Waals surface area contributed by atoms with Crippen LogP contribution in [0.25, 0.3) is 0 Å². The molecule has 0 amide bonds. The third kappa shape index (κ3) is 5.29. The number of ether oxygens (including phenoxy) is 2. The zero-order valence-electron chi connectivity index (χ0n) is 21.0. The molecule has 35 heavy (non-hydrogen) atoms. The first-order valence-corrected chi connectivity index (χ1v) is 14.1. The third-order valence-electron chi connectivity index (χ3n) is 6.63. The Morgan fingerprint density at radius 3 is 2.46 bits per heavy atom. The van der Waals surface area contributed by atoms with E-state index in [0.29, 0.717) is 17.7 Å². The van der Waals surface area contributed by atoms with Crippen molar-refractivity contribution in [2.75, 3.05) is 13.2 Å². The number of aryl methyl sites for hydroxylation is 1. The highest BCUT2D eigenvalue weighted by molar-refractivity contribution is 8.04. The van der Waals surface area contributed by atoms with Crippen LogP contribution in [0.4, 0.5) is 0 Å². The number of rotatable bonds is 10. The summed E-state index contributed by atoms with van der Waals surface area (Å²) in [7, 11) is -1.61. The maximum Gasteiger partial charge on any atom is 0.330 e. The number of hydrogen-bond acceptors (Lipinski definition) is 8. The van der Waals surface area contributed by atoms with Crippen molar-refractivity contribution in [3.63, 3.8) is 0 Å². The number of allylic oxidation sites excluding steroid dienone is 1. The lowest BCUT2D eigenvalue weighted by Gasteiger charge is -2.32. The van der Waals surface area contributed by atoms with Crippen LogP contribution in [0.3, 0.4) is 0 Å². The maximum atomic E-state index is 14.1. The second-order valence-corrected chi connectivity index (χ2v) is 11.7. The molecular formula is C26H34N2O5S2. The molecule has 2 aliphatic heterocycles. The lowest BCUT2D eigenvalue weighted by atomic mass is 9.81. The number of esters is 2. The molecule has 190 valence electrons. The summed E-state index contributed by atoms with van der Waals surface area (Å²) in [5.74, 6) is -0.809. The highest BCUT2D eigenvalue weighted by Crippen LogP contribution is 2.59. The molecule has 0 saturated carbocycles. The maximum absolute atomic E-state index is 14.1. The average Bonchev–Trinajstić information content (AvgIpc) is 3.30. The van der Waals surface area contributed by atoms with Crippen LogP contribution in [0.5, 0.6) is 0 Å². The summed E-state index contributed by atoms with van der Waals surface area (Å²) in [6, 6.07) is 9.15. The van der Waals surface area contributed by atoms with E-state index in [2.05, 4.69) is 13.0 Å². The summed E-state index contributed by atoms with van der Waals surface area (Å²) in [5.41, 5.74) is 0.868. The molecule has 0 N–H and O–H groups in total. The number of nitrogens with zero attached hydrogens (tertiary/aromatic N) is 2. The van der Waals surface area contributed by atoms with Crippen molar-refractivity contribution in [1.82, 2.24) is 4.90 Å². The molecule has 9 heteroatoms. The molecule has 2 heterocycles. The van der Waals surface area contributed by atoms with E-state index >= 15 is 0 Å². The minimum atomic E-state index is -1.61. The van der Waals surface area contributed by atoms with Gasteiger partial charge in [0.1, 0.15) is 11.5 Å². The lowest BCUT2D eigenvalue weighted by Crippen LogP contribution is -2.46. The van der Waals surface area contributed by atoms with Gasteiger partial charge in [-0.05, 0) is 39.3 Å². The summed E-state index contributed by atoms with van der Waals surface area (Å²) in [6.07, 6.45) is 2.68. The van der Waals surface area contributed by atoms with Crippen LogP contribution >= 0.6 is 11.8 Å². The highest BCUT2D eigenvalue weighted by atomic mass is 32.2. The van der Waals surface area contributed by atoms with Crippen molar-refractivity contribution in [3.8, 4) is 6.07 Å². The molecule has 1 aromatic carbocycles. The Morgan fingerprint density at radius 2 is 1.89 bits per heavy atom. The summed E-state index contributed by atoms with van der Waals surface area (Å²) in [5, 5.41) is 9.57. The van der Waals surface area contributed by atoms with Gasteiger partial charge in [0.15, 0.2) is 0 Å². The van der Waals surface area contributed by atoms with Crippen molar-refractivity contribution in [2.45, 2.75) is 81.9 Å². The Hall–Kier alpha value is -2.31. The molecule has 0 aromatic heterocycles. The number of carbonyl (C=O) groups is 2. The van der Waals surface area contributed by atoms with E-state index in [4.69, 9.17) is 9.47 Å². The SMILES string of the molecule is CCCC[C@@]1(C#N)[C@@H]2SC(CCOC(C)=O)=C(C)N2[C@@H](C(=O)OCC)[C@@H]1[S@@](=O)c1ccc(C)cc1. The summed E-state index contributed by atoms with van der Waals surface area (Å²) < 4.78 is 24.8. The molecule has 0 bridgehead atoms. The van der Waals surface area contributed by atoms with Gasteiger partial charge in [0.2, 0.25) is 0 Å². The molecule has 1 fully saturated rings. The largest absolute Gasteiger partial charge is 0.466 e. The number of unbranched alkanes of at least 4 members (excludes halogenated alkanes) is 1. The van der Waals surface area contributed by atoms with Crippen molar-refractivity contribution < 1.29 is 23.3 Å². The van der Waals surface area contributed by atoms with Gasteiger partial charge in [-0.25, -0.2) is 4.79 Å². The van der Waals surface area contributed by atoms with Crippen molar-refractivity contribution >= 4 is 34.5 Å². The van der Waals surface area contributed by atoms with E-state index in [1.54, 1.807) is 6.92 Å². The smallest absolute Gasteiger partial charge is 0.330 e. The van der Waals surface area contributed by atoms with Crippen LogP contribution in [0.2, 0.25) is 0 Å². The second-order valence-electron chi connectivity index (χ2n) is 8.96. The van der Waals surface area contributed by atoms with Gasteiger partial charge in [0.05, 0.1) is 40.7 Å². The van der Waals surface area contributed by atoms with Crippen molar-refractivity contribution in [1.29, 1.82) is 5.26 Å². The molecule has 2 aliphatic rings. The van der Waals surface area contributed by atoms with Crippen LogP contribution in [-0.4, -0.2) is 50.9 Å². The lowest BCUT2D eigenvalue weighted by molar-refractivity contribution is -0.147. The Kier molecular flexibility index (Phi) is 9.05. The first-order valence-electron chi connectivity index (χ1n) is 12.0. The fraction of sp³-hybridized carbons (Fsp3) is 0.577. The molecule has 0 spiro atoms. The Balaban J connectivity index is 2.12. The molecule has 1 saturated heterocycles. The summed E-state index contributed by atoms with van der Waals surface area (Å²) in [6.45, 7) is 9.48. The standard InChI is InChI=1S/C26H34N2O5S2/c1-6-8-14-26(16-27)23(35(31)20-11-9-17(3)10-12-20)22(24(30)32-7-2)28-18(4)21(34-25(26)28)13-15-33-19(5)29/h9-12,22-23,25H,6-8,13-15H2,1-5H3/t22-,23+,25+,26+,35+/m1/s1. The van der Waals surface area contributed by atoms with Gasteiger partial charge < -0.3 is 14.4 Å². The van der Waals surface area contributed by atoms with Gasteiger partial charge in [-0.1, -0.05) is 37.5 Å². The van der Waals surface area contributed by atoms with Crippen LogP contribution in [0.1, 0.15) is 58.9 Å². The second kappa shape index (κ2) is 11.6. The monoisotopic (exact) mass is 518 g/mol. The molecule has 3 rings (SSSR count). The molecule has 5 atom stereocenters. The van der Waals surface area contributed by atoms with E-state index in [1.807, 2.05) is 43.0 Å². The Morgan fingerprint density at radius 1 is 1.20 bits per heavy atom. The predicted octanol–water partition coefficient (Wildman–Crippen LogP) is 4.68. The average molecular weight is 519 g/mol. The number of benzene rings is 1. The van der Waals surface area contributed by atoms with Crippen LogP contribution in [0.15, 0.2) is 39.8 Å². The topological polar surface area (TPSA) is 96.7 Å². The minimum absolute atomic E-state index is 0.196. The van der Waals surface area contributed by atoms with Gasteiger partial charge >= 0.3 is 11.9 Å². The molecule has 0 aliphatic carbocycles. The predicted molar refractivity (Wildman–Crippen MR) is 137 cm³/mol. The summed E-state index contributed by atoms with van der Waals surface area (Å²) in [4.78, 5) is 28.2. The Labute approximate surface area is 214 Å².